The topological polar surface area (TPSA) is 171 Å². The van der Waals surface area contributed by atoms with Crippen LogP contribution in [0.4, 0.5) is 4.79 Å². The summed E-state index contributed by atoms with van der Waals surface area (Å²) in [6.45, 7) is 17.4. The van der Waals surface area contributed by atoms with Crippen LogP contribution in [0, 0.1) is 34.5 Å². The minimum Gasteiger partial charge on any atom is -0.349 e. The Bertz CT molecular complexity index is 1500. The van der Waals surface area contributed by atoms with Crippen LogP contribution in [0.3, 0.4) is 0 Å². The van der Waals surface area contributed by atoms with Gasteiger partial charge in [0.15, 0.2) is 9.84 Å². The van der Waals surface area contributed by atoms with Crippen LogP contribution in [-0.2, 0) is 29.0 Å². The number of hydrogen-bond acceptors (Lipinski definition) is 7. The molecule has 1 saturated heterocycles. The highest BCUT2D eigenvalue weighted by Crippen LogP contribution is 2.65. The summed E-state index contributed by atoms with van der Waals surface area (Å²) in [6, 6.07) is -2.50. The van der Waals surface area contributed by atoms with Gasteiger partial charge in [0.1, 0.15) is 17.6 Å². The minimum atomic E-state index is -3.56. The highest BCUT2D eigenvalue weighted by atomic mass is 32.2. The maximum absolute atomic E-state index is 14.5. The Kier molecular flexibility index (Phi) is 10.1. The lowest BCUT2D eigenvalue weighted by atomic mass is 9.83. The van der Waals surface area contributed by atoms with Gasteiger partial charge in [0.05, 0.1) is 16.0 Å². The number of fused-ring (bicyclic) bond motifs is 1. The molecule has 0 bridgehead atoms. The first-order valence-electron chi connectivity index (χ1n) is 18.8. The summed E-state index contributed by atoms with van der Waals surface area (Å²) in [4.78, 5) is 70.6. The molecule has 4 N–H and O–H groups in total. The number of piperidine rings is 1. The second-order valence-corrected chi connectivity index (χ2v) is 21.5. The average Bonchev–Trinajstić information content (AvgIpc) is 3.96. The summed E-state index contributed by atoms with van der Waals surface area (Å²) >= 11 is 0. The van der Waals surface area contributed by atoms with Crippen molar-refractivity contribution < 1.29 is 32.4 Å². The zero-order valence-corrected chi connectivity index (χ0v) is 32.5. The molecule has 50 heavy (non-hydrogen) atoms. The number of rotatable bonds is 12. The van der Waals surface area contributed by atoms with Crippen molar-refractivity contribution in [2.75, 3.05) is 18.8 Å². The molecule has 4 saturated carbocycles. The van der Waals surface area contributed by atoms with Gasteiger partial charge in [-0.1, -0.05) is 67.2 Å². The number of nitrogens with one attached hydrogen (secondary N) is 4. The van der Waals surface area contributed by atoms with E-state index in [4.69, 9.17) is 0 Å². The van der Waals surface area contributed by atoms with Crippen molar-refractivity contribution in [2.45, 2.75) is 148 Å². The molecule has 4 aliphatic carbocycles. The number of carbonyl (C=O) groups excluding carboxylic acids is 5. The monoisotopic (exact) mass is 719 g/mol. The zero-order chi connectivity index (χ0) is 37.2. The van der Waals surface area contributed by atoms with Crippen LogP contribution in [-0.4, -0.2) is 89.6 Å². The van der Waals surface area contributed by atoms with Gasteiger partial charge in [0.25, 0.3) is 5.91 Å². The molecule has 0 aromatic carbocycles. The Morgan fingerprint density at radius 2 is 1.54 bits per heavy atom. The molecule has 282 valence electrons. The highest BCUT2D eigenvalue weighted by Gasteiger charge is 2.71. The van der Waals surface area contributed by atoms with Crippen LogP contribution in [0.5, 0.6) is 0 Å². The smallest absolute Gasteiger partial charge is 0.315 e. The fourth-order valence-corrected chi connectivity index (χ4v) is 10.1. The van der Waals surface area contributed by atoms with Crippen LogP contribution >= 0.6 is 0 Å². The van der Waals surface area contributed by atoms with Crippen molar-refractivity contribution in [1.82, 2.24) is 26.2 Å². The van der Waals surface area contributed by atoms with Crippen LogP contribution in [0.25, 0.3) is 0 Å². The van der Waals surface area contributed by atoms with E-state index in [1.165, 1.54) is 0 Å². The Morgan fingerprint density at radius 3 is 2.06 bits per heavy atom. The fraction of sp³-hybridized carbons (Fsp3) is 0.865. The van der Waals surface area contributed by atoms with Gasteiger partial charge in [-0.3, -0.25) is 19.2 Å². The lowest BCUT2D eigenvalue weighted by Crippen LogP contribution is -2.64. The molecule has 1 heterocycles. The van der Waals surface area contributed by atoms with Gasteiger partial charge in [0.2, 0.25) is 17.6 Å². The fourth-order valence-electron chi connectivity index (χ4n) is 8.60. The van der Waals surface area contributed by atoms with E-state index in [0.717, 1.165) is 32.1 Å². The Labute approximate surface area is 298 Å². The van der Waals surface area contributed by atoms with Crippen LogP contribution in [0.2, 0.25) is 0 Å². The van der Waals surface area contributed by atoms with E-state index in [2.05, 4.69) is 35.1 Å². The van der Waals surface area contributed by atoms with E-state index >= 15 is 0 Å². The number of hydrogen-bond donors (Lipinski definition) is 4. The quantitative estimate of drug-likeness (QED) is 0.224. The minimum absolute atomic E-state index is 0.0689. The molecule has 13 heteroatoms. The van der Waals surface area contributed by atoms with Crippen molar-refractivity contribution in [2.24, 2.45) is 34.5 Å². The Morgan fingerprint density at radius 1 is 0.920 bits per heavy atom. The van der Waals surface area contributed by atoms with Crippen molar-refractivity contribution >= 4 is 39.4 Å². The molecule has 0 aromatic rings. The van der Waals surface area contributed by atoms with Gasteiger partial charge in [-0.05, 0) is 87.4 Å². The molecule has 0 radical (unpaired) electrons. The van der Waals surface area contributed by atoms with Gasteiger partial charge >= 0.3 is 6.03 Å². The summed E-state index contributed by atoms with van der Waals surface area (Å²) in [5.74, 6) is -2.16. The molecule has 12 nitrogen and oxygen atoms in total. The normalized spacial score (nSPS) is 30.4. The maximum Gasteiger partial charge on any atom is 0.315 e. The summed E-state index contributed by atoms with van der Waals surface area (Å²) in [5, 5.41) is 11.7. The Balaban J connectivity index is 1.34. The zero-order valence-electron chi connectivity index (χ0n) is 31.7. The summed E-state index contributed by atoms with van der Waals surface area (Å²) in [5.41, 5.74) is -3.18. The van der Waals surface area contributed by atoms with Gasteiger partial charge in [-0.25, -0.2) is 13.2 Å². The second-order valence-electron chi connectivity index (χ2n) is 18.8. The Hall–Kier alpha value is -2.70. The molecule has 5 aliphatic rings. The largest absolute Gasteiger partial charge is 0.349 e. The standard InChI is InChI=1S/C37H61N5O7S/c1-10-23-18-37(23,28(43)30(45)38-19-22-14-15-22)40-29(44)26-25-24(35(25,8)9)20-42(26)31(46)27(33(2,3)4)39-32(47)41-36(16-12-11-13-17-36)21-50(48,49)34(5,6)7/h22-27H,10-21H2,1-9H3,(H,38,45)(H,40,44)(H2,39,41,47)/t23-,24?,25?,26+,27+,37?/m1/s1. The van der Waals surface area contributed by atoms with Crippen LogP contribution in [0.1, 0.15) is 120 Å². The van der Waals surface area contributed by atoms with E-state index in [1.807, 2.05) is 27.7 Å². The summed E-state index contributed by atoms with van der Waals surface area (Å²) in [6.07, 6.45) is 6.64. The first-order valence-corrected chi connectivity index (χ1v) is 20.4. The first-order chi connectivity index (χ1) is 23.0. The van der Waals surface area contributed by atoms with Gasteiger partial charge in [-0.15, -0.1) is 0 Å². The third kappa shape index (κ3) is 7.44. The predicted octanol–water partition coefficient (Wildman–Crippen LogP) is 3.48. The molecule has 5 fully saturated rings. The van der Waals surface area contributed by atoms with E-state index in [9.17, 15) is 32.4 Å². The van der Waals surface area contributed by atoms with Crippen molar-refractivity contribution in [1.29, 1.82) is 0 Å². The number of nitrogens with zero attached hydrogens (tertiary/aromatic N) is 1. The van der Waals surface area contributed by atoms with E-state index in [-0.39, 0.29) is 28.9 Å². The molecular weight excluding hydrogens is 659 g/mol. The van der Waals surface area contributed by atoms with Gasteiger partial charge in [-0.2, -0.15) is 0 Å². The molecular formula is C37H61N5O7S. The lowest BCUT2D eigenvalue weighted by molar-refractivity contribution is -0.145. The molecule has 6 atom stereocenters. The SMILES string of the molecule is CC[C@@H]1CC1(NC(=O)[C@@H]1C2C(CN1C(=O)[C@H](NC(=O)NC1(CS(=O)(=O)C(C)(C)C)CCCCC1)C(C)(C)C)C2(C)C)C(=O)C(=O)NCC1CC1. The third-order valence-corrected chi connectivity index (χ3v) is 15.3. The second kappa shape index (κ2) is 13.1. The summed E-state index contributed by atoms with van der Waals surface area (Å²) in [7, 11) is -3.56. The molecule has 1 aliphatic heterocycles. The predicted molar refractivity (Wildman–Crippen MR) is 191 cm³/mol. The van der Waals surface area contributed by atoms with Crippen molar-refractivity contribution in [3.05, 3.63) is 0 Å². The molecule has 0 spiro atoms. The van der Waals surface area contributed by atoms with Crippen LogP contribution < -0.4 is 21.3 Å². The number of ketones is 1. The number of likely N-dealkylation sites (tertiary alicyclic amines) is 1. The highest BCUT2D eigenvalue weighted by molar-refractivity contribution is 7.92. The van der Waals surface area contributed by atoms with Gasteiger partial charge in [0, 0.05) is 13.1 Å². The molecule has 3 unspecified atom stereocenters. The average molecular weight is 720 g/mol. The molecule has 0 aromatic heterocycles. The number of carbonyl (C=O) groups is 5. The maximum atomic E-state index is 14.5. The third-order valence-electron chi connectivity index (χ3n) is 12.5. The van der Waals surface area contributed by atoms with Crippen LogP contribution in [0.15, 0.2) is 0 Å². The van der Waals surface area contributed by atoms with E-state index in [1.54, 1.807) is 25.7 Å². The van der Waals surface area contributed by atoms with Crippen molar-refractivity contribution in [3.63, 3.8) is 0 Å². The van der Waals surface area contributed by atoms with Crippen molar-refractivity contribution in [3.8, 4) is 0 Å². The number of urea groups is 1. The summed E-state index contributed by atoms with van der Waals surface area (Å²) < 4.78 is 25.7. The van der Waals surface area contributed by atoms with E-state index < -0.39 is 72.7 Å². The number of amides is 5. The molecule has 5 amide bonds. The lowest BCUT2D eigenvalue weighted by Gasteiger charge is -2.41. The van der Waals surface area contributed by atoms with E-state index in [0.29, 0.717) is 44.7 Å². The molecule has 5 rings (SSSR count). The number of sulfone groups is 1. The number of Topliss-reactive ketones (excluding diaryl/α,β-unsaturated/α-hetero) is 1. The first kappa shape index (κ1) is 38.5. The van der Waals surface area contributed by atoms with Gasteiger partial charge < -0.3 is 26.2 Å².